The van der Waals surface area contributed by atoms with E-state index < -0.39 is 0 Å². The lowest BCUT2D eigenvalue weighted by molar-refractivity contribution is 0.338. The van der Waals surface area contributed by atoms with Crippen LogP contribution in [0.1, 0.15) is 12.5 Å². The van der Waals surface area contributed by atoms with E-state index >= 15 is 0 Å². The van der Waals surface area contributed by atoms with Gasteiger partial charge in [0.2, 0.25) is 0 Å². The van der Waals surface area contributed by atoms with Gasteiger partial charge in [0.25, 0.3) is 0 Å². The van der Waals surface area contributed by atoms with Crippen LogP contribution in [0, 0.1) is 6.92 Å². The lowest BCUT2D eigenvalue weighted by Gasteiger charge is -2.09. The molecule has 0 bridgehead atoms. The van der Waals surface area contributed by atoms with Crippen molar-refractivity contribution in [3.05, 3.63) is 22.2 Å². The second kappa shape index (κ2) is 3.81. The Morgan fingerprint density at radius 1 is 1.50 bits per heavy atom. The third-order valence-corrected chi connectivity index (χ3v) is 2.12. The second-order valence-electron chi connectivity index (χ2n) is 2.55. The molecule has 66 valence electrons. The molecule has 2 N–H and O–H groups in total. The standard InChI is InChI=1S/C9H12BrNO/c1-3-12-9-5-7(10)4-8(11)6(9)2/h4-5H,3,11H2,1-2H3. The Hall–Kier alpha value is -0.700. The molecule has 1 aromatic carbocycles. The first kappa shape index (κ1) is 9.39. The summed E-state index contributed by atoms with van der Waals surface area (Å²) in [6.07, 6.45) is 0. The quantitative estimate of drug-likeness (QED) is 0.793. The average Bonchev–Trinajstić information content (AvgIpc) is 2.00. The minimum Gasteiger partial charge on any atom is -0.493 e. The van der Waals surface area contributed by atoms with Crippen LogP contribution in [0.25, 0.3) is 0 Å². The van der Waals surface area contributed by atoms with Crippen LogP contribution >= 0.6 is 15.9 Å². The number of hydrogen-bond donors (Lipinski definition) is 1. The van der Waals surface area contributed by atoms with Crippen LogP contribution in [0.3, 0.4) is 0 Å². The molecular formula is C9H12BrNO. The molecule has 0 saturated heterocycles. The monoisotopic (exact) mass is 229 g/mol. The maximum Gasteiger partial charge on any atom is 0.125 e. The number of anilines is 1. The first-order valence-electron chi connectivity index (χ1n) is 3.83. The van der Waals surface area contributed by atoms with Crippen molar-refractivity contribution in [2.45, 2.75) is 13.8 Å². The van der Waals surface area contributed by atoms with Crippen molar-refractivity contribution in [2.75, 3.05) is 12.3 Å². The largest absolute Gasteiger partial charge is 0.493 e. The molecule has 0 unspecified atom stereocenters. The van der Waals surface area contributed by atoms with E-state index in [1.165, 1.54) is 0 Å². The van der Waals surface area contributed by atoms with Crippen molar-refractivity contribution in [1.29, 1.82) is 0 Å². The van der Waals surface area contributed by atoms with Crippen molar-refractivity contribution >= 4 is 21.6 Å². The van der Waals surface area contributed by atoms with Gasteiger partial charge in [0.05, 0.1) is 6.61 Å². The van der Waals surface area contributed by atoms with Gasteiger partial charge in [-0.25, -0.2) is 0 Å². The van der Waals surface area contributed by atoms with E-state index in [9.17, 15) is 0 Å². The highest BCUT2D eigenvalue weighted by atomic mass is 79.9. The van der Waals surface area contributed by atoms with Crippen molar-refractivity contribution < 1.29 is 4.74 Å². The number of hydrogen-bond acceptors (Lipinski definition) is 2. The van der Waals surface area contributed by atoms with E-state index in [1.807, 2.05) is 26.0 Å². The van der Waals surface area contributed by atoms with Gasteiger partial charge in [-0.1, -0.05) is 15.9 Å². The van der Waals surface area contributed by atoms with Crippen molar-refractivity contribution in [1.82, 2.24) is 0 Å². The molecule has 3 heteroatoms. The van der Waals surface area contributed by atoms with E-state index in [-0.39, 0.29) is 0 Å². The van der Waals surface area contributed by atoms with Crippen molar-refractivity contribution in [2.24, 2.45) is 0 Å². The molecule has 0 aliphatic carbocycles. The van der Waals surface area contributed by atoms with Gasteiger partial charge < -0.3 is 10.5 Å². The Kier molecular flexibility index (Phi) is 2.98. The van der Waals surface area contributed by atoms with E-state index in [0.717, 1.165) is 21.5 Å². The molecule has 0 aromatic heterocycles. The van der Waals surface area contributed by atoms with Gasteiger partial charge in [-0.05, 0) is 26.0 Å². The molecule has 0 atom stereocenters. The fourth-order valence-electron chi connectivity index (χ4n) is 0.980. The highest BCUT2D eigenvalue weighted by Crippen LogP contribution is 2.28. The van der Waals surface area contributed by atoms with E-state index in [4.69, 9.17) is 10.5 Å². The van der Waals surface area contributed by atoms with Crippen LogP contribution < -0.4 is 10.5 Å². The van der Waals surface area contributed by atoms with Crippen LogP contribution in [-0.4, -0.2) is 6.61 Å². The molecular weight excluding hydrogens is 218 g/mol. The zero-order valence-electron chi connectivity index (χ0n) is 7.23. The summed E-state index contributed by atoms with van der Waals surface area (Å²) in [5, 5.41) is 0. The summed E-state index contributed by atoms with van der Waals surface area (Å²) in [5.41, 5.74) is 7.50. The molecule has 0 saturated carbocycles. The zero-order chi connectivity index (χ0) is 9.14. The third kappa shape index (κ3) is 1.91. The number of benzene rings is 1. The maximum atomic E-state index is 5.74. The summed E-state index contributed by atoms with van der Waals surface area (Å²) in [6, 6.07) is 3.80. The van der Waals surface area contributed by atoms with Gasteiger partial charge in [-0.15, -0.1) is 0 Å². The Labute approximate surface area is 80.8 Å². The third-order valence-electron chi connectivity index (χ3n) is 1.66. The molecule has 1 rings (SSSR count). The van der Waals surface area contributed by atoms with E-state index in [2.05, 4.69) is 15.9 Å². The second-order valence-corrected chi connectivity index (χ2v) is 3.47. The molecule has 0 radical (unpaired) electrons. The molecule has 0 aliphatic rings. The SMILES string of the molecule is CCOc1cc(Br)cc(N)c1C. The van der Waals surface area contributed by atoms with Gasteiger partial charge >= 0.3 is 0 Å². The summed E-state index contributed by atoms with van der Waals surface area (Å²) >= 11 is 3.36. The molecule has 2 nitrogen and oxygen atoms in total. The molecule has 1 aromatic rings. The van der Waals surface area contributed by atoms with Gasteiger partial charge in [0.15, 0.2) is 0 Å². The molecule has 0 spiro atoms. The summed E-state index contributed by atoms with van der Waals surface area (Å²) in [7, 11) is 0. The van der Waals surface area contributed by atoms with Crippen molar-refractivity contribution in [3.8, 4) is 5.75 Å². The predicted molar refractivity (Wildman–Crippen MR) is 54.5 cm³/mol. The lowest BCUT2D eigenvalue weighted by Crippen LogP contribution is -1.97. The highest BCUT2D eigenvalue weighted by molar-refractivity contribution is 9.10. The fourth-order valence-corrected chi connectivity index (χ4v) is 1.43. The van der Waals surface area contributed by atoms with Gasteiger partial charge in [-0.2, -0.15) is 0 Å². The number of nitrogens with two attached hydrogens (primary N) is 1. The first-order valence-corrected chi connectivity index (χ1v) is 4.63. The molecule has 12 heavy (non-hydrogen) atoms. The molecule has 0 fully saturated rings. The number of rotatable bonds is 2. The average molecular weight is 230 g/mol. The van der Waals surface area contributed by atoms with Crippen molar-refractivity contribution in [3.63, 3.8) is 0 Å². The Bertz CT molecular complexity index is 286. The first-order chi connectivity index (χ1) is 5.65. The number of ether oxygens (including phenoxy) is 1. The van der Waals surface area contributed by atoms with Crippen LogP contribution in [0.2, 0.25) is 0 Å². The number of halogens is 1. The molecule has 0 heterocycles. The van der Waals surface area contributed by atoms with Crippen LogP contribution in [0.4, 0.5) is 5.69 Å². The Morgan fingerprint density at radius 3 is 2.75 bits per heavy atom. The summed E-state index contributed by atoms with van der Waals surface area (Å²) in [6.45, 7) is 4.57. The van der Waals surface area contributed by atoms with Crippen LogP contribution in [0.15, 0.2) is 16.6 Å². The highest BCUT2D eigenvalue weighted by Gasteiger charge is 2.03. The fraction of sp³-hybridized carbons (Fsp3) is 0.333. The van der Waals surface area contributed by atoms with E-state index in [0.29, 0.717) is 6.61 Å². The minimum atomic E-state index is 0.663. The van der Waals surface area contributed by atoms with Gasteiger partial charge in [0.1, 0.15) is 5.75 Å². The van der Waals surface area contributed by atoms with Crippen LogP contribution in [-0.2, 0) is 0 Å². The summed E-state index contributed by atoms with van der Waals surface area (Å²) < 4.78 is 6.34. The summed E-state index contributed by atoms with van der Waals surface area (Å²) in [4.78, 5) is 0. The molecule has 0 aliphatic heterocycles. The van der Waals surface area contributed by atoms with Gasteiger partial charge in [-0.3, -0.25) is 0 Å². The molecule has 0 amide bonds. The Morgan fingerprint density at radius 2 is 2.17 bits per heavy atom. The summed E-state index contributed by atoms with van der Waals surface area (Å²) in [5.74, 6) is 0.851. The smallest absolute Gasteiger partial charge is 0.125 e. The maximum absolute atomic E-state index is 5.74. The Balaban J connectivity index is 3.09. The minimum absolute atomic E-state index is 0.663. The topological polar surface area (TPSA) is 35.2 Å². The normalized spacial score (nSPS) is 9.92. The van der Waals surface area contributed by atoms with E-state index in [1.54, 1.807) is 0 Å². The lowest BCUT2D eigenvalue weighted by atomic mass is 10.2. The number of nitrogen functional groups attached to an aromatic ring is 1. The predicted octanol–water partition coefficient (Wildman–Crippen LogP) is 2.74. The zero-order valence-corrected chi connectivity index (χ0v) is 8.81. The van der Waals surface area contributed by atoms with Gasteiger partial charge in [0, 0.05) is 15.7 Å². The van der Waals surface area contributed by atoms with Crippen LogP contribution in [0.5, 0.6) is 5.75 Å².